The van der Waals surface area contributed by atoms with Crippen LogP contribution in [0.15, 0.2) is 48.5 Å². The molecular formula is C21H18ClF3N4O. The standard InChI is InChI=1S/C21H18ClF3N4O/c1-12-5-6-15(10-17(12)22)26-19-11-18(28-20(29-19)27-14-7-8-14)13-3-2-4-16(9-13)30-21(23,24)25/h2-6,9-11,14H,7-8H2,1H3,(H2,26,27,28,29). The van der Waals surface area contributed by atoms with E-state index in [9.17, 15) is 13.2 Å². The Morgan fingerprint density at radius 3 is 2.57 bits per heavy atom. The van der Waals surface area contributed by atoms with Crippen molar-refractivity contribution < 1.29 is 17.9 Å². The van der Waals surface area contributed by atoms with E-state index in [1.807, 2.05) is 19.1 Å². The predicted molar refractivity (Wildman–Crippen MR) is 110 cm³/mol. The number of hydrogen-bond donors (Lipinski definition) is 2. The van der Waals surface area contributed by atoms with Crippen molar-refractivity contribution in [3.8, 4) is 17.0 Å². The van der Waals surface area contributed by atoms with Gasteiger partial charge in [0, 0.05) is 28.4 Å². The summed E-state index contributed by atoms with van der Waals surface area (Å²) in [7, 11) is 0. The maximum absolute atomic E-state index is 12.6. The zero-order valence-corrected chi connectivity index (χ0v) is 16.7. The summed E-state index contributed by atoms with van der Waals surface area (Å²) in [4.78, 5) is 8.95. The Bertz CT molecular complexity index is 1070. The van der Waals surface area contributed by atoms with Crippen molar-refractivity contribution in [1.82, 2.24) is 9.97 Å². The summed E-state index contributed by atoms with van der Waals surface area (Å²) in [6.45, 7) is 1.91. The van der Waals surface area contributed by atoms with Gasteiger partial charge in [-0.1, -0.05) is 29.8 Å². The molecule has 0 atom stereocenters. The summed E-state index contributed by atoms with van der Waals surface area (Å²) in [5.41, 5.74) is 2.62. The predicted octanol–water partition coefficient (Wildman–Crippen LogP) is 6.32. The first kappa shape index (κ1) is 20.3. The molecular weight excluding hydrogens is 417 g/mol. The van der Waals surface area contributed by atoms with Crippen LogP contribution in [0, 0.1) is 6.92 Å². The average molecular weight is 435 g/mol. The summed E-state index contributed by atoms with van der Waals surface area (Å²) in [6, 6.07) is 13.2. The lowest BCUT2D eigenvalue weighted by Gasteiger charge is -2.13. The highest BCUT2D eigenvalue weighted by atomic mass is 35.5. The molecule has 30 heavy (non-hydrogen) atoms. The molecule has 0 saturated heterocycles. The minimum atomic E-state index is -4.76. The van der Waals surface area contributed by atoms with Gasteiger partial charge in [0.25, 0.3) is 0 Å². The molecule has 0 spiro atoms. The van der Waals surface area contributed by atoms with Crippen molar-refractivity contribution in [1.29, 1.82) is 0 Å². The normalized spacial score (nSPS) is 13.8. The number of anilines is 3. The number of ether oxygens (including phenoxy) is 1. The number of nitrogens with zero attached hydrogens (tertiary/aromatic N) is 2. The minimum absolute atomic E-state index is 0.307. The molecule has 0 radical (unpaired) electrons. The van der Waals surface area contributed by atoms with Crippen LogP contribution in [0.1, 0.15) is 18.4 Å². The fourth-order valence-corrected chi connectivity index (χ4v) is 2.99. The molecule has 156 valence electrons. The largest absolute Gasteiger partial charge is 0.573 e. The average Bonchev–Trinajstić information content (AvgIpc) is 3.47. The van der Waals surface area contributed by atoms with Gasteiger partial charge in [0.1, 0.15) is 11.6 Å². The van der Waals surface area contributed by atoms with Crippen molar-refractivity contribution >= 4 is 29.1 Å². The third-order valence-corrected chi connectivity index (χ3v) is 4.85. The molecule has 0 unspecified atom stereocenters. The smallest absolute Gasteiger partial charge is 0.406 e. The topological polar surface area (TPSA) is 59.1 Å². The first-order valence-corrected chi connectivity index (χ1v) is 9.68. The van der Waals surface area contributed by atoms with E-state index in [0.29, 0.717) is 34.1 Å². The quantitative estimate of drug-likeness (QED) is 0.475. The van der Waals surface area contributed by atoms with Gasteiger partial charge in [-0.2, -0.15) is 4.98 Å². The molecule has 0 aliphatic heterocycles. The van der Waals surface area contributed by atoms with Gasteiger partial charge in [0.15, 0.2) is 0 Å². The van der Waals surface area contributed by atoms with Crippen molar-refractivity contribution in [3.63, 3.8) is 0 Å². The second kappa shape index (κ2) is 8.02. The van der Waals surface area contributed by atoms with Crippen LogP contribution in [-0.4, -0.2) is 22.4 Å². The summed E-state index contributed by atoms with van der Waals surface area (Å²) >= 11 is 6.19. The highest BCUT2D eigenvalue weighted by molar-refractivity contribution is 6.31. The number of halogens is 4. The third-order valence-electron chi connectivity index (χ3n) is 4.44. The van der Waals surface area contributed by atoms with Crippen molar-refractivity contribution in [3.05, 3.63) is 59.1 Å². The lowest BCUT2D eigenvalue weighted by molar-refractivity contribution is -0.274. The van der Waals surface area contributed by atoms with Crippen molar-refractivity contribution in [2.45, 2.75) is 32.2 Å². The van der Waals surface area contributed by atoms with Crippen LogP contribution in [-0.2, 0) is 0 Å². The molecule has 3 aromatic rings. The molecule has 9 heteroatoms. The Balaban J connectivity index is 1.67. The molecule has 2 aromatic carbocycles. The first-order chi connectivity index (χ1) is 14.2. The molecule has 0 bridgehead atoms. The number of benzene rings is 2. The molecule has 1 aromatic heterocycles. The molecule has 5 nitrogen and oxygen atoms in total. The van der Waals surface area contributed by atoms with Gasteiger partial charge in [0.2, 0.25) is 5.95 Å². The molecule has 1 heterocycles. The molecule has 0 amide bonds. The lowest BCUT2D eigenvalue weighted by atomic mass is 10.1. The lowest BCUT2D eigenvalue weighted by Crippen LogP contribution is -2.17. The van der Waals surface area contributed by atoms with E-state index < -0.39 is 6.36 Å². The molecule has 1 aliphatic rings. The fourth-order valence-electron chi connectivity index (χ4n) is 2.80. The summed E-state index contributed by atoms with van der Waals surface area (Å²) < 4.78 is 41.8. The molecule has 4 rings (SSSR count). The Labute approximate surface area is 176 Å². The highest BCUT2D eigenvalue weighted by Crippen LogP contribution is 2.31. The van der Waals surface area contributed by atoms with Crippen LogP contribution in [0.2, 0.25) is 5.02 Å². The molecule has 1 saturated carbocycles. The van der Waals surface area contributed by atoms with Crippen LogP contribution >= 0.6 is 11.6 Å². The van der Waals surface area contributed by atoms with Gasteiger partial charge in [-0.05, 0) is 49.6 Å². The van der Waals surface area contributed by atoms with Gasteiger partial charge in [0.05, 0.1) is 5.69 Å². The van der Waals surface area contributed by atoms with Crippen LogP contribution in [0.5, 0.6) is 5.75 Å². The molecule has 1 aliphatic carbocycles. The van der Waals surface area contributed by atoms with Crippen molar-refractivity contribution in [2.24, 2.45) is 0 Å². The second-order valence-corrected chi connectivity index (χ2v) is 7.45. The first-order valence-electron chi connectivity index (χ1n) is 9.30. The summed E-state index contributed by atoms with van der Waals surface area (Å²) in [5, 5.41) is 7.02. The van der Waals surface area contributed by atoms with E-state index in [1.54, 1.807) is 18.2 Å². The Hall–Kier alpha value is -3.00. The van der Waals surface area contributed by atoms with E-state index in [2.05, 4.69) is 25.3 Å². The van der Waals surface area contributed by atoms with Gasteiger partial charge in [-0.15, -0.1) is 13.2 Å². The zero-order chi connectivity index (χ0) is 21.3. The van der Waals surface area contributed by atoms with Gasteiger partial charge < -0.3 is 15.4 Å². The number of aromatic nitrogens is 2. The van der Waals surface area contributed by atoms with Crippen LogP contribution < -0.4 is 15.4 Å². The molecule has 1 fully saturated rings. The third kappa shape index (κ3) is 5.33. The van der Waals surface area contributed by atoms with Crippen LogP contribution in [0.25, 0.3) is 11.3 Å². The Morgan fingerprint density at radius 1 is 1.07 bits per heavy atom. The van der Waals surface area contributed by atoms with E-state index in [1.165, 1.54) is 18.2 Å². The van der Waals surface area contributed by atoms with Gasteiger partial charge >= 0.3 is 6.36 Å². The second-order valence-electron chi connectivity index (χ2n) is 7.05. The number of alkyl halides is 3. The van der Waals surface area contributed by atoms with E-state index >= 15 is 0 Å². The fraction of sp³-hybridized carbons (Fsp3) is 0.238. The SMILES string of the molecule is Cc1ccc(Nc2cc(-c3cccc(OC(F)(F)F)c3)nc(NC3CC3)n2)cc1Cl. The number of hydrogen-bond acceptors (Lipinski definition) is 5. The number of aryl methyl sites for hydroxylation is 1. The Kier molecular flexibility index (Phi) is 5.42. The number of rotatable bonds is 6. The van der Waals surface area contributed by atoms with Crippen molar-refractivity contribution in [2.75, 3.05) is 10.6 Å². The maximum atomic E-state index is 12.6. The van der Waals surface area contributed by atoms with Crippen LogP contribution in [0.4, 0.5) is 30.6 Å². The van der Waals surface area contributed by atoms with E-state index in [-0.39, 0.29) is 5.75 Å². The Morgan fingerprint density at radius 2 is 1.87 bits per heavy atom. The van der Waals surface area contributed by atoms with Gasteiger partial charge in [-0.25, -0.2) is 4.98 Å². The zero-order valence-electron chi connectivity index (χ0n) is 15.9. The van der Waals surface area contributed by atoms with Crippen LogP contribution in [0.3, 0.4) is 0 Å². The van der Waals surface area contributed by atoms with E-state index in [4.69, 9.17) is 11.6 Å². The highest BCUT2D eigenvalue weighted by Gasteiger charge is 2.31. The van der Waals surface area contributed by atoms with Gasteiger partial charge in [-0.3, -0.25) is 0 Å². The summed E-state index contributed by atoms with van der Waals surface area (Å²) in [5.74, 6) is 0.582. The monoisotopic (exact) mass is 434 g/mol. The number of nitrogens with one attached hydrogen (secondary N) is 2. The molecule has 2 N–H and O–H groups in total. The summed E-state index contributed by atoms with van der Waals surface area (Å²) in [6.07, 6.45) is -2.71. The van der Waals surface area contributed by atoms with E-state index in [0.717, 1.165) is 24.1 Å². The maximum Gasteiger partial charge on any atom is 0.573 e. The minimum Gasteiger partial charge on any atom is -0.406 e.